The first-order chi connectivity index (χ1) is 12.5. The van der Waals surface area contributed by atoms with Crippen LogP contribution in [0.2, 0.25) is 0 Å². The van der Waals surface area contributed by atoms with Gasteiger partial charge in [0, 0.05) is 12.1 Å². The fourth-order valence-electron chi connectivity index (χ4n) is 2.67. The summed E-state index contributed by atoms with van der Waals surface area (Å²) in [4.78, 5) is 18.0. The number of nitro benzene ring substituents is 1. The van der Waals surface area contributed by atoms with Gasteiger partial charge in [0.05, 0.1) is 23.1 Å². The van der Waals surface area contributed by atoms with Crippen LogP contribution in [0.3, 0.4) is 0 Å². The van der Waals surface area contributed by atoms with Crippen molar-refractivity contribution in [1.82, 2.24) is 9.97 Å². The maximum absolute atomic E-state index is 10.9. The van der Waals surface area contributed by atoms with Crippen molar-refractivity contribution in [1.29, 1.82) is 0 Å². The van der Waals surface area contributed by atoms with Crippen molar-refractivity contribution in [3.63, 3.8) is 0 Å². The predicted molar refractivity (Wildman–Crippen MR) is 98.7 cm³/mol. The van der Waals surface area contributed by atoms with Crippen molar-refractivity contribution in [2.75, 3.05) is 7.11 Å². The van der Waals surface area contributed by atoms with E-state index >= 15 is 0 Å². The molecule has 0 spiro atoms. The Morgan fingerprint density at radius 3 is 2.81 bits per heavy atom. The van der Waals surface area contributed by atoms with Crippen LogP contribution in [-0.2, 0) is 6.42 Å². The van der Waals surface area contributed by atoms with Crippen molar-refractivity contribution in [3.8, 4) is 11.5 Å². The summed E-state index contributed by atoms with van der Waals surface area (Å²) in [5.74, 6) is 1.81. The first-order valence-corrected chi connectivity index (χ1v) is 8.10. The van der Waals surface area contributed by atoms with Gasteiger partial charge in [-0.3, -0.25) is 10.1 Å². The van der Waals surface area contributed by atoms with Crippen LogP contribution in [-0.4, -0.2) is 22.0 Å². The number of nitrogens with zero attached hydrogens (tertiary/aromatic N) is 2. The third kappa shape index (κ3) is 3.51. The average Bonchev–Trinajstić information content (AvgIpc) is 3.06. The number of benzene rings is 2. The molecule has 3 aromatic rings. The molecule has 2 aromatic carbocycles. The summed E-state index contributed by atoms with van der Waals surface area (Å²) >= 11 is 0. The van der Waals surface area contributed by atoms with Crippen LogP contribution in [0, 0.1) is 10.1 Å². The minimum atomic E-state index is -0.435. The standard InChI is InChI=1S/C19H19N3O4/c1-4-5-13-6-9-17(18(10-13)25-3)26-12(2)19-20-15-8-7-14(22(23)24)11-16(15)21-19/h4,6-12H,1,5H2,2-3H3,(H,20,21). The van der Waals surface area contributed by atoms with Crippen LogP contribution in [0.5, 0.6) is 11.5 Å². The lowest BCUT2D eigenvalue weighted by Gasteiger charge is -2.16. The van der Waals surface area contributed by atoms with Gasteiger partial charge in [-0.1, -0.05) is 12.1 Å². The number of fused-ring (bicyclic) bond motifs is 1. The number of hydrogen-bond acceptors (Lipinski definition) is 5. The normalized spacial score (nSPS) is 11.9. The van der Waals surface area contributed by atoms with E-state index in [0.717, 1.165) is 12.0 Å². The SMILES string of the molecule is C=CCc1ccc(OC(C)c2nc3ccc([N+](=O)[O-])cc3[nH]2)c(OC)c1. The first-order valence-electron chi connectivity index (χ1n) is 8.10. The molecule has 134 valence electrons. The number of aromatic nitrogens is 2. The van der Waals surface area contributed by atoms with Gasteiger partial charge in [0.2, 0.25) is 0 Å². The Kier molecular flexibility index (Phi) is 4.88. The number of H-pyrrole nitrogens is 1. The smallest absolute Gasteiger partial charge is 0.271 e. The molecule has 0 aliphatic heterocycles. The summed E-state index contributed by atoms with van der Waals surface area (Å²) in [6.45, 7) is 5.58. The lowest BCUT2D eigenvalue weighted by Crippen LogP contribution is -2.06. The van der Waals surface area contributed by atoms with Gasteiger partial charge in [-0.25, -0.2) is 4.98 Å². The lowest BCUT2D eigenvalue weighted by atomic mass is 10.1. The molecular formula is C19H19N3O4. The molecule has 1 heterocycles. The summed E-state index contributed by atoms with van der Waals surface area (Å²) in [7, 11) is 1.59. The van der Waals surface area contributed by atoms with Crippen LogP contribution in [0.1, 0.15) is 24.4 Å². The van der Waals surface area contributed by atoms with E-state index < -0.39 is 4.92 Å². The average molecular weight is 353 g/mol. The van der Waals surface area contributed by atoms with Gasteiger partial charge in [-0.15, -0.1) is 6.58 Å². The monoisotopic (exact) mass is 353 g/mol. The molecule has 7 heteroatoms. The van der Waals surface area contributed by atoms with Gasteiger partial charge in [-0.2, -0.15) is 0 Å². The van der Waals surface area contributed by atoms with Crippen LogP contribution in [0.15, 0.2) is 49.1 Å². The fraction of sp³-hybridized carbons (Fsp3) is 0.211. The highest BCUT2D eigenvalue weighted by Crippen LogP contribution is 2.32. The van der Waals surface area contributed by atoms with Gasteiger partial charge >= 0.3 is 0 Å². The van der Waals surface area contributed by atoms with E-state index in [1.165, 1.54) is 12.1 Å². The number of nitro groups is 1. The largest absolute Gasteiger partial charge is 0.493 e. The fourth-order valence-corrected chi connectivity index (χ4v) is 2.67. The van der Waals surface area contributed by atoms with E-state index in [-0.39, 0.29) is 11.8 Å². The van der Waals surface area contributed by atoms with Crippen LogP contribution < -0.4 is 9.47 Å². The maximum atomic E-state index is 10.9. The molecule has 1 atom stereocenters. The Morgan fingerprint density at radius 1 is 1.31 bits per heavy atom. The number of nitrogens with one attached hydrogen (secondary N) is 1. The van der Waals surface area contributed by atoms with Crippen molar-refractivity contribution < 1.29 is 14.4 Å². The minimum absolute atomic E-state index is 0.0146. The van der Waals surface area contributed by atoms with E-state index in [0.29, 0.717) is 28.4 Å². The molecule has 1 unspecified atom stereocenters. The van der Waals surface area contributed by atoms with Gasteiger partial charge in [0.1, 0.15) is 5.82 Å². The second kappa shape index (κ2) is 7.26. The van der Waals surface area contributed by atoms with Gasteiger partial charge in [-0.05, 0) is 37.1 Å². The van der Waals surface area contributed by atoms with Crippen molar-refractivity contribution >= 4 is 16.7 Å². The Hall–Kier alpha value is -3.35. The van der Waals surface area contributed by atoms with E-state index in [4.69, 9.17) is 9.47 Å². The third-order valence-electron chi connectivity index (χ3n) is 3.99. The molecule has 0 saturated carbocycles. The zero-order chi connectivity index (χ0) is 18.7. The molecule has 1 N–H and O–H groups in total. The number of rotatable bonds is 7. The molecule has 1 aromatic heterocycles. The third-order valence-corrected chi connectivity index (χ3v) is 3.99. The van der Waals surface area contributed by atoms with Gasteiger partial charge in [0.15, 0.2) is 17.6 Å². The number of hydrogen-bond donors (Lipinski definition) is 1. The highest BCUT2D eigenvalue weighted by atomic mass is 16.6. The lowest BCUT2D eigenvalue weighted by molar-refractivity contribution is -0.384. The quantitative estimate of drug-likeness (QED) is 0.387. The first kappa shape index (κ1) is 17.5. The summed E-state index contributed by atoms with van der Waals surface area (Å²) in [6.07, 6.45) is 2.18. The summed E-state index contributed by atoms with van der Waals surface area (Å²) in [5, 5.41) is 10.9. The summed E-state index contributed by atoms with van der Waals surface area (Å²) < 4.78 is 11.4. The summed E-state index contributed by atoms with van der Waals surface area (Å²) in [5.41, 5.74) is 2.33. The highest BCUT2D eigenvalue weighted by molar-refractivity contribution is 5.77. The zero-order valence-corrected chi connectivity index (χ0v) is 14.6. The Bertz CT molecular complexity index is 965. The van der Waals surface area contributed by atoms with E-state index in [1.54, 1.807) is 13.2 Å². The van der Waals surface area contributed by atoms with Crippen LogP contribution >= 0.6 is 0 Å². The molecule has 0 fully saturated rings. The van der Waals surface area contributed by atoms with Crippen LogP contribution in [0.4, 0.5) is 5.69 Å². The van der Waals surface area contributed by atoms with E-state index in [1.807, 2.05) is 31.2 Å². The number of non-ortho nitro benzene ring substituents is 1. The molecule has 3 rings (SSSR count). The topological polar surface area (TPSA) is 90.3 Å². The predicted octanol–water partition coefficient (Wildman–Crippen LogP) is 4.35. The second-order valence-electron chi connectivity index (χ2n) is 5.82. The summed E-state index contributed by atoms with van der Waals surface area (Å²) in [6, 6.07) is 10.2. The number of aromatic amines is 1. The molecule has 7 nitrogen and oxygen atoms in total. The van der Waals surface area contributed by atoms with Crippen molar-refractivity contribution in [2.45, 2.75) is 19.4 Å². The Balaban J connectivity index is 1.85. The zero-order valence-electron chi connectivity index (χ0n) is 14.6. The highest BCUT2D eigenvalue weighted by Gasteiger charge is 2.17. The minimum Gasteiger partial charge on any atom is -0.493 e. The van der Waals surface area contributed by atoms with Gasteiger partial charge < -0.3 is 14.5 Å². The number of ether oxygens (including phenoxy) is 2. The number of imidazole rings is 1. The molecule has 0 amide bonds. The molecule has 0 aliphatic carbocycles. The molecular weight excluding hydrogens is 334 g/mol. The Labute approximate surface area is 150 Å². The molecule has 0 saturated heterocycles. The Morgan fingerprint density at radius 2 is 2.12 bits per heavy atom. The van der Waals surface area contributed by atoms with Crippen LogP contribution in [0.25, 0.3) is 11.0 Å². The maximum Gasteiger partial charge on any atom is 0.271 e. The molecule has 0 aliphatic rings. The number of methoxy groups -OCH3 is 1. The van der Waals surface area contributed by atoms with Gasteiger partial charge in [0.25, 0.3) is 5.69 Å². The van der Waals surface area contributed by atoms with Crippen molar-refractivity contribution in [2.24, 2.45) is 0 Å². The van der Waals surface area contributed by atoms with Crippen molar-refractivity contribution in [3.05, 3.63) is 70.6 Å². The van der Waals surface area contributed by atoms with E-state index in [2.05, 4.69) is 16.5 Å². The molecule has 0 radical (unpaired) electrons. The number of allylic oxidation sites excluding steroid dienone is 1. The molecule has 26 heavy (non-hydrogen) atoms. The van der Waals surface area contributed by atoms with E-state index in [9.17, 15) is 10.1 Å². The second-order valence-corrected chi connectivity index (χ2v) is 5.82. The molecule has 0 bridgehead atoms.